The van der Waals surface area contributed by atoms with E-state index in [4.69, 9.17) is 0 Å². The summed E-state index contributed by atoms with van der Waals surface area (Å²) in [6.07, 6.45) is 0. The van der Waals surface area contributed by atoms with Crippen molar-refractivity contribution in [3.63, 3.8) is 0 Å². The zero-order valence-corrected chi connectivity index (χ0v) is 3.46. The molecule has 0 unspecified atom stereocenters. The minimum atomic E-state index is 0. The molecule has 0 spiro atoms. The zero-order valence-electron chi connectivity index (χ0n) is 2.64. The molecule has 0 aromatic heterocycles. The molecule has 0 atom stereocenters. The maximum absolute atomic E-state index is 0. The summed E-state index contributed by atoms with van der Waals surface area (Å²) in [4.78, 5) is 0. The fourth-order valence-corrected chi connectivity index (χ4v) is 0. The first-order valence-corrected chi connectivity index (χ1v) is 0. The zero-order chi connectivity index (χ0) is 0. The molecular weight excluding hydrogens is 101 g/mol. The van der Waals surface area contributed by atoms with E-state index in [2.05, 4.69) is 0 Å². The van der Waals surface area contributed by atoms with E-state index in [0.29, 0.717) is 0 Å². The van der Waals surface area contributed by atoms with Crippen molar-refractivity contribution in [2.45, 2.75) is 0 Å². The van der Waals surface area contributed by atoms with Crippen molar-refractivity contribution in [2.75, 3.05) is 0 Å². The maximum atomic E-state index is 0. The summed E-state index contributed by atoms with van der Waals surface area (Å²) in [6.45, 7) is 0. The van der Waals surface area contributed by atoms with E-state index in [1.165, 1.54) is 0 Å². The summed E-state index contributed by atoms with van der Waals surface area (Å²) in [7, 11) is 0. The predicted molar refractivity (Wildman–Crippen MR) is 22.3 cm³/mol. The molecule has 0 aliphatic carbocycles. The van der Waals surface area contributed by atoms with E-state index in [0.717, 1.165) is 0 Å². The molecule has 0 rings (SSSR count). The Labute approximate surface area is 35.3 Å². The first-order valence-electron chi connectivity index (χ1n) is 0. The van der Waals surface area contributed by atoms with Crippen LogP contribution in [0.4, 0.5) is 9.41 Å². The van der Waals surface area contributed by atoms with Gasteiger partial charge in [-0.15, -0.1) is 12.4 Å². The summed E-state index contributed by atoms with van der Waals surface area (Å²) in [5.41, 5.74) is 0. The Balaban J connectivity index is 0. The average Bonchev–Trinajstić information content (AvgIpc) is 0. The molecule has 0 heterocycles. The van der Waals surface area contributed by atoms with Crippen LogP contribution in [-0.4, -0.2) is 0 Å². The Morgan fingerprint density at radius 1 is 0.600 bits per heavy atom. The second-order valence-electron chi connectivity index (χ2n) is 0. The molecule has 0 aliphatic heterocycles. The standard InChI is InChI=1S/ClH.2FH.2H3N/h3*1H;2*1H3. The van der Waals surface area contributed by atoms with Gasteiger partial charge in [0.25, 0.3) is 0 Å². The summed E-state index contributed by atoms with van der Waals surface area (Å²) >= 11 is 0. The maximum Gasteiger partial charge on any atom is -0.147 e. The van der Waals surface area contributed by atoms with Crippen molar-refractivity contribution in [3.05, 3.63) is 0 Å². The number of rotatable bonds is 0. The normalized spacial score (nSPS) is 0. The van der Waals surface area contributed by atoms with Gasteiger partial charge in [-0.05, 0) is 0 Å². The molecule has 2 nitrogen and oxygen atoms in total. The molecule has 40 valence electrons. The monoisotopic (exact) mass is 110 g/mol. The lowest BCUT2D eigenvalue weighted by molar-refractivity contribution is 1.11. The smallest absolute Gasteiger partial charge is 0.147 e. The first-order chi connectivity index (χ1) is 0. The fourth-order valence-electron chi connectivity index (χ4n) is 0. The van der Waals surface area contributed by atoms with E-state index in [9.17, 15) is 0 Å². The lowest BCUT2D eigenvalue weighted by Crippen LogP contribution is -0.482. The van der Waals surface area contributed by atoms with Crippen molar-refractivity contribution in [2.24, 2.45) is 0 Å². The van der Waals surface area contributed by atoms with E-state index >= 15 is 0 Å². The number of halogens is 3. The van der Waals surface area contributed by atoms with Crippen molar-refractivity contribution in [1.82, 2.24) is 12.3 Å². The van der Waals surface area contributed by atoms with Crippen LogP contribution in [0.5, 0.6) is 0 Å². The summed E-state index contributed by atoms with van der Waals surface area (Å²) in [5, 5.41) is 0. The molecule has 0 aromatic carbocycles. The average molecular weight is 111 g/mol. The van der Waals surface area contributed by atoms with Crippen LogP contribution in [0.3, 0.4) is 0 Å². The molecule has 0 saturated carbocycles. The van der Waals surface area contributed by atoms with Crippen LogP contribution in [0.15, 0.2) is 0 Å². The summed E-state index contributed by atoms with van der Waals surface area (Å²) in [5.74, 6) is 0. The SMILES string of the molecule is Cl.F.F.N.N. The Bertz CT molecular complexity index is 7.61. The van der Waals surface area contributed by atoms with Crippen LogP contribution in [-0.2, 0) is 0 Å². The van der Waals surface area contributed by atoms with Crippen LogP contribution in [0, 0.1) is 0 Å². The highest BCUT2D eigenvalue weighted by molar-refractivity contribution is 5.85. The van der Waals surface area contributed by atoms with Crippen molar-refractivity contribution in [3.8, 4) is 0 Å². The third-order valence-corrected chi connectivity index (χ3v) is 0. The second kappa shape index (κ2) is 7830. The molecule has 0 aliphatic rings. The van der Waals surface area contributed by atoms with Gasteiger partial charge in [0.2, 0.25) is 0 Å². The minimum Gasteiger partial charge on any atom is -0.344 e. The molecule has 0 fully saturated rings. The van der Waals surface area contributed by atoms with Crippen molar-refractivity contribution < 1.29 is 9.41 Å². The predicted octanol–water partition coefficient (Wildman–Crippen LogP) is 1.05. The van der Waals surface area contributed by atoms with Crippen LogP contribution < -0.4 is 12.3 Å². The molecule has 0 bridgehead atoms. The van der Waals surface area contributed by atoms with Gasteiger partial charge >= 0.3 is 0 Å². The van der Waals surface area contributed by atoms with Crippen molar-refractivity contribution in [1.29, 1.82) is 0 Å². The van der Waals surface area contributed by atoms with E-state index in [1.807, 2.05) is 0 Å². The minimum absolute atomic E-state index is 0. The Kier molecular flexibility index (Phi) is 26800000. The Hall–Kier alpha value is 0.0700. The van der Waals surface area contributed by atoms with Gasteiger partial charge in [-0.1, -0.05) is 0 Å². The molecule has 0 amide bonds. The van der Waals surface area contributed by atoms with Gasteiger partial charge < -0.3 is 12.3 Å². The molecular formula is H9ClF2N2. The van der Waals surface area contributed by atoms with Crippen molar-refractivity contribution >= 4 is 12.4 Å². The lowest BCUT2D eigenvalue weighted by Gasteiger charge is -0.345. The van der Waals surface area contributed by atoms with Gasteiger partial charge in [0, 0.05) is 0 Å². The largest absolute Gasteiger partial charge is 0.344 e. The van der Waals surface area contributed by atoms with Gasteiger partial charge in [-0.3, -0.25) is 9.41 Å². The van der Waals surface area contributed by atoms with Crippen LogP contribution in [0.25, 0.3) is 0 Å². The third-order valence-electron chi connectivity index (χ3n) is 0. The highest BCUT2D eigenvalue weighted by atomic mass is 35.5. The number of hydrogen-bond donors (Lipinski definition) is 2. The van der Waals surface area contributed by atoms with Crippen LogP contribution >= 0.6 is 12.4 Å². The lowest BCUT2D eigenvalue weighted by atomic mass is 14.0. The Morgan fingerprint density at radius 3 is 0.600 bits per heavy atom. The molecule has 0 radical (unpaired) electrons. The fraction of sp³-hybridized carbons (Fsp3) is 0. The van der Waals surface area contributed by atoms with E-state index < -0.39 is 0 Å². The van der Waals surface area contributed by atoms with E-state index in [1.54, 1.807) is 0 Å². The summed E-state index contributed by atoms with van der Waals surface area (Å²) < 4.78 is 0. The molecule has 5 heteroatoms. The molecule has 5 heavy (non-hydrogen) atoms. The van der Waals surface area contributed by atoms with Crippen LogP contribution in [0.1, 0.15) is 0 Å². The van der Waals surface area contributed by atoms with Gasteiger partial charge in [0.15, 0.2) is 0 Å². The highest BCUT2D eigenvalue weighted by Gasteiger charge is -0.147. The van der Waals surface area contributed by atoms with Gasteiger partial charge in [-0.25, -0.2) is 0 Å². The topological polar surface area (TPSA) is 70.0 Å². The summed E-state index contributed by atoms with van der Waals surface area (Å²) in [6, 6.07) is 0. The Morgan fingerprint density at radius 2 is 0.600 bits per heavy atom. The highest BCUT2D eigenvalue weighted by Crippen LogP contribution is 0.690. The first kappa shape index (κ1) is 17100. The molecule has 6 N–H and O–H groups in total. The number of hydrogen-bond acceptors (Lipinski definition) is 2. The van der Waals surface area contributed by atoms with Gasteiger partial charge in [-0.2, -0.15) is 0 Å². The van der Waals surface area contributed by atoms with Crippen LogP contribution in [0.2, 0.25) is 0 Å². The van der Waals surface area contributed by atoms with E-state index in [-0.39, 0.29) is 34.1 Å². The molecule has 0 saturated heterocycles. The second-order valence-corrected chi connectivity index (χ2v) is 0. The third kappa shape index (κ3) is 3560. The quantitative estimate of drug-likeness (QED) is 0.489. The molecule has 0 aromatic rings. The van der Waals surface area contributed by atoms with Gasteiger partial charge in [0.1, 0.15) is 0 Å². The van der Waals surface area contributed by atoms with Gasteiger partial charge in [0.05, 0.1) is 0 Å².